The van der Waals surface area contributed by atoms with Crippen molar-refractivity contribution < 1.29 is 21.8 Å². The summed E-state index contributed by atoms with van der Waals surface area (Å²) < 4.78 is 49.7. The van der Waals surface area contributed by atoms with Crippen molar-refractivity contribution in [2.45, 2.75) is 23.8 Å². The fourth-order valence-electron chi connectivity index (χ4n) is 2.23. The van der Waals surface area contributed by atoms with Crippen LogP contribution in [0.3, 0.4) is 0 Å². The van der Waals surface area contributed by atoms with E-state index in [4.69, 9.17) is 0 Å². The number of nitrogens with zero attached hydrogens (tertiary/aromatic N) is 1. The summed E-state index contributed by atoms with van der Waals surface area (Å²) in [5.74, 6) is -0.246. The van der Waals surface area contributed by atoms with Crippen LogP contribution in [-0.4, -0.2) is 39.3 Å². The average molecular weight is 334 g/mol. The van der Waals surface area contributed by atoms with Gasteiger partial charge in [0.1, 0.15) is 0 Å². The molecule has 21 heavy (non-hydrogen) atoms. The summed E-state index contributed by atoms with van der Waals surface area (Å²) in [4.78, 5) is 9.64. The number of hydrogen-bond acceptors (Lipinski definition) is 6. The molecule has 1 saturated heterocycles. The highest BCUT2D eigenvalue weighted by atomic mass is 32.2. The molecular formula is C11H14N2O6S2. The molecule has 8 nitrogen and oxygen atoms in total. The van der Waals surface area contributed by atoms with Crippen LogP contribution in [0.2, 0.25) is 0 Å². The van der Waals surface area contributed by atoms with Crippen LogP contribution >= 0.6 is 0 Å². The number of para-hydroxylation sites is 1. The molecule has 0 bridgehead atoms. The zero-order valence-electron chi connectivity index (χ0n) is 10.9. The van der Waals surface area contributed by atoms with Crippen molar-refractivity contribution in [3.8, 4) is 0 Å². The molecule has 10 heteroatoms. The summed E-state index contributed by atoms with van der Waals surface area (Å²) in [6.45, 7) is 0. The topological polar surface area (TPSA) is 123 Å². The van der Waals surface area contributed by atoms with Crippen molar-refractivity contribution in [2.75, 3.05) is 11.5 Å². The first kappa shape index (κ1) is 15.9. The molecule has 0 aliphatic carbocycles. The first-order valence-corrected chi connectivity index (χ1v) is 9.48. The molecule has 1 aromatic rings. The molecule has 0 aromatic heterocycles. The van der Waals surface area contributed by atoms with Crippen molar-refractivity contribution in [1.29, 1.82) is 0 Å². The Morgan fingerprint density at radius 2 is 1.95 bits per heavy atom. The van der Waals surface area contributed by atoms with E-state index in [2.05, 4.69) is 4.72 Å². The highest BCUT2D eigenvalue weighted by Gasteiger charge is 2.31. The Morgan fingerprint density at radius 3 is 2.57 bits per heavy atom. The summed E-state index contributed by atoms with van der Waals surface area (Å²) in [6, 6.07) is 4.19. The van der Waals surface area contributed by atoms with Gasteiger partial charge in [-0.05, 0) is 18.9 Å². The summed E-state index contributed by atoms with van der Waals surface area (Å²) >= 11 is 0. The smallest absolute Gasteiger partial charge is 0.258 e. The maximum atomic E-state index is 12.2. The van der Waals surface area contributed by atoms with Crippen molar-refractivity contribution in [3.05, 3.63) is 34.4 Å². The zero-order valence-corrected chi connectivity index (χ0v) is 12.6. The minimum atomic E-state index is -4.14. The van der Waals surface area contributed by atoms with E-state index in [1.54, 1.807) is 0 Å². The minimum absolute atomic E-state index is 0.0384. The van der Waals surface area contributed by atoms with E-state index in [0.717, 1.165) is 12.1 Å². The molecule has 2 rings (SSSR count). The number of nitro benzene ring substituents is 1. The van der Waals surface area contributed by atoms with Crippen LogP contribution < -0.4 is 4.72 Å². The number of benzene rings is 1. The molecule has 1 atom stereocenters. The van der Waals surface area contributed by atoms with Gasteiger partial charge in [0.2, 0.25) is 10.0 Å². The molecule has 0 amide bonds. The molecule has 1 fully saturated rings. The van der Waals surface area contributed by atoms with Crippen LogP contribution in [0.5, 0.6) is 0 Å². The van der Waals surface area contributed by atoms with E-state index in [1.165, 1.54) is 12.1 Å². The van der Waals surface area contributed by atoms with Gasteiger partial charge in [0.25, 0.3) is 5.69 Å². The lowest BCUT2D eigenvalue weighted by atomic mass is 10.2. The first-order valence-electron chi connectivity index (χ1n) is 6.17. The van der Waals surface area contributed by atoms with Gasteiger partial charge in [-0.1, -0.05) is 12.1 Å². The SMILES string of the molecule is O=[N+]([O-])c1ccccc1S(=O)(=O)N[C@@H]1CCCS(=O)(=O)C1. The molecule has 1 aliphatic heterocycles. The Morgan fingerprint density at radius 1 is 1.29 bits per heavy atom. The Balaban J connectivity index is 2.29. The van der Waals surface area contributed by atoms with Gasteiger partial charge in [-0.15, -0.1) is 0 Å². The average Bonchev–Trinajstić information content (AvgIpc) is 2.37. The van der Waals surface area contributed by atoms with Gasteiger partial charge >= 0.3 is 0 Å². The highest BCUT2D eigenvalue weighted by molar-refractivity contribution is 7.91. The first-order chi connectivity index (χ1) is 9.71. The van der Waals surface area contributed by atoms with E-state index >= 15 is 0 Å². The van der Waals surface area contributed by atoms with Crippen molar-refractivity contribution >= 4 is 25.5 Å². The normalized spacial score (nSPS) is 21.8. The van der Waals surface area contributed by atoms with Gasteiger partial charge in [-0.2, -0.15) is 0 Å². The second-order valence-electron chi connectivity index (χ2n) is 4.80. The molecule has 1 aliphatic rings. The molecule has 1 aromatic carbocycles. The van der Waals surface area contributed by atoms with Crippen molar-refractivity contribution in [1.82, 2.24) is 4.72 Å². The van der Waals surface area contributed by atoms with E-state index in [-0.39, 0.29) is 11.5 Å². The standard InChI is InChI=1S/C11H14N2O6S2/c14-13(15)10-5-1-2-6-11(10)21(18,19)12-9-4-3-7-20(16,17)8-9/h1-2,5-6,9,12H,3-4,7-8H2/t9-/m1/s1. The molecule has 0 spiro atoms. The summed E-state index contributed by atoms with van der Waals surface area (Å²) in [7, 11) is -7.42. The molecule has 0 unspecified atom stereocenters. The predicted octanol–water partition coefficient (Wildman–Crippen LogP) is 0.450. The summed E-state index contributed by atoms with van der Waals surface area (Å²) in [6.07, 6.45) is 0.755. The Hall–Kier alpha value is -1.52. The van der Waals surface area contributed by atoms with Gasteiger partial charge < -0.3 is 0 Å². The van der Waals surface area contributed by atoms with Gasteiger partial charge in [0.05, 0.1) is 16.4 Å². The maximum Gasteiger partial charge on any atom is 0.289 e. The second kappa shape index (κ2) is 5.70. The number of rotatable bonds is 4. The number of sulfonamides is 1. The van der Waals surface area contributed by atoms with Gasteiger partial charge in [0, 0.05) is 12.1 Å². The zero-order chi connectivity index (χ0) is 15.7. The minimum Gasteiger partial charge on any atom is -0.258 e. The number of nitro groups is 1. The maximum absolute atomic E-state index is 12.2. The third kappa shape index (κ3) is 3.77. The van der Waals surface area contributed by atoms with Crippen molar-refractivity contribution in [3.63, 3.8) is 0 Å². The molecule has 116 valence electrons. The Labute approximate surface area is 122 Å². The van der Waals surface area contributed by atoms with E-state index < -0.39 is 41.4 Å². The second-order valence-corrected chi connectivity index (χ2v) is 8.71. The molecule has 0 saturated carbocycles. The molecule has 1 N–H and O–H groups in total. The largest absolute Gasteiger partial charge is 0.289 e. The fraction of sp³-hybridized carbons (Fsp3) is 0.455. The molecular weight excluding hydrogens is 320 g/mol. The van der Waals surface area contributed by atoms with Crippen LogP contribution in [-0.2, 0) is 19.9 Å². The number of nitrogens with one attached hydrogen (secondary N) is 1. The molecule has 1 heterocycles. The quantitative estimate of drug-likeness (QED) is 0.630. The van der Waals surface area contributed by atoms with Crippen LogP contribution in [0.15, 0.2) is 29.2 Å². The monoisotopic (exact) mass is 334 g/mol. The van der Waals surface area contributed by atoms with Gasteiger partial charge in [-0.3, -0.25) is 10.1 Å². The van der Waals surface area contributed by atoms with Crippen LogP contribution in [0, 0.1) is 10.1 Å². The van der Waals surface area contributed by atoms with E-state index in [0.29, 0.717) is 12.8 Å². The Kier molecular flexibility index (Phi) is 4.30. The fourth-order valence-corrected chi connectivity index (χ4v) is 5.42. The Bertz CT molecular complexity index is 757. The lowest BCUT2D eigenvalue weighted by Crippen LogP contribution is -2.43. The summed E-state index contributed by atoms with van der Waals surface area (Å²) in [5.41, 5.74) is -0.538. The third-order valence-corrected chi connectivity index (χ3v) is 6.53. The predicted molar refractivity (Wildman–Crippen MR) is 75.1 cm³/mol. The van der Waals surface area contributed by atoms with Crippen molar-refractivity contribution in [2.24, 2.45) is 0 Å². The number of sulfone groups is 1. The van der Waals surface area contributed by atoms with Crippen LogP contribution in [0.1, 0.15) is 12.8 Å². The highest BCUT2D eigenvalue weighted by Crippen LogP contribution is 2.24. The summed E-state index contributed by atoms with van der Waals surface area (Å²) in [5, 5.41) is 10.9. The third-order valence-electron chi connectivity index (χ3n) is 3.14. The van der Waals surface area contributed by atoms with Crippen LogP contribution in [0.25, 0.3) is 0 Å². The van der Waals surface area contributed by atoms with Crippen LogP contribution in [0.4, 0.5) is 5.69 Å². The van der Waals surface area contributed by atoms with E-state index in [1.807, 2.05) is 0 Å². The van der Waals surface area contributed by atoms with E-state index in [9.17, 15) is 26.9 Å². The molecule has 0 radical (unpaired) electrons. The number of hydrogen-bond donors (Lipinski definition) is 1. The lowest BCUT2D eigenvalue weighted by Gasteiger charge is -2.22. The van der Waals surface area contributed by atoms with Gasteiger partial charge in [0.15, 0.2) is 14.7 Å². The van der Waals surface area contributed by atoms with Gasteiger partial charge in [-0.25, -0.2) is 21.6 Å². The lowest BCUT2D eigenvalue weighted by molar-refractivity contribution is -0.387.